The molecule has 0 saturated heterocycles. The van der Waals surface area contributed by atoms with Gasteiger partial charge in [-0.15, -0.1) is 0 Å². The number of hydrogen-bond donors (Lipinski definition) is 1. The standard InChI is InChI=1S/C22H19Cl3N4O2/c1-12(2)31-20-19(24)15-8-13(4-6-16(15)28-21(20)25)22(30,17-10-26-11-29(17)3)14-5-7-18(23)27-9-14/h4-12,30H,1-3H3/t22-/m0/s1. The summed E-state index contributed by atoms with van der Waals surface area (Å²) >= 11 is 18.9. The summed E-state index contributed by atoms with van der Waals surface area (Å²) in [4.78, 5) is 12.7. The Bertz CT molecular complexity index is 1260. The molecular weight excluding hydrogens is 459 g/mol. The molecule has 6 nitrogen and oxygen atoms in total. The average molecular weight is 478 g/mol. The number of hydrogen-bond acceptors (Lipinski definition) is 5. The van der Waals surface area contributed by atoms with Gasteiger partial charge in [0, 0.05) is 24.2 Å². The number of halogens is 3. The molecule has 3 heterocycles. The lowest BCUT2D eigenvalue weighted by atomic mass is 9.84. The topological polar surface area (TPSA) is 73.1 Å². The molecule has 9 heteroatoms. The van der Waals surface area contributed by atoms with Gasteiger partial charge >= 0.3 is 0 Å². The van der Waals surface area contributed by atoms with Crippen LogP contribution in [-0.4, -0.2) is 30.7 Å². The van der Waals surface area contributed by atoms with Crippen molar-refractivity contribution in [2.75, 3.05) is 0 Å². The number of nitrogens with zero attached hydrogens (tertiary/aromatic N) is 4. The number of aliphatic hydroxyl groups is 1. The maximum Gasteiger partial charge on any atom is 0.176 e. The molecule has 1 N–H and O–H groups in total. The zero-order valence-corrected chi connectivity index (χ0v) is 19.2. The maximum absolute atomic E-state index is 12.0. The van der Waals surface area contributed by atoms with Crippen LogP contribution >= 0.6 is 34.8 Å². The van der Waals surface area contributed by atoms with E-state index in [0.29, 0.717) is 43.6 Å². The summed E-state index contributed by atoms with van der Waals surface area (Å²) in [5, 5.41) is 13.5. The zero-order chi connectivity index (χ0) is 22.3. The van der Waals surface area contributed by atoms with E-state index in [1.165, 1.54) is 6.20 Å². The number of fused-ring (bicyclic) bond motifs is 1. The Kier molecular flexibility index (Phi) is 5.83. The van der Waals surface area contributed by atoms with Crippen LogP contribution in [0.15, 0.2) is 49.1 Å². The number of pyridine rings is 2. The lowest BCUT2D eigenvalue weighted by Crippen LogP contribution is -2.31. The van der Waals surface area contributed by atoms with Gasteiger partial charge in [0.2, 0.25) is 0 Å². The summed E-state index contributed by atoms with van der Waals surface area (Å²) in [5.41, 5.74) is 0.633. The molecule has 0 bridgehead atoms. The van der Waals surface area contributed by atoms with Gasteiger partial charge in [0.15, 0.2) is 16.5 Å². The quantitative estimate of drug-likeness (QED) is 0.390. The van der Waals surface area contributed by atoms with E-state index in [4.69, 9.17) is 39.5 Å². The minimum Gasteiger partial charge on any atom is -0.486 e. The van der Waals surface area contributed by atoms with E-state index in [9.17, 15) is 5.11 Å². The van der Waals surface area contributed by atoms with Gasteiger partial charge < -0.3 is 14.4 Å². The van der Waals surface area contributed by atoms with Crippen molar-refractivity contribution >= 4 is 45.7 Å². The Morgan fingerprint density at radius 3 is 2.42 bits per heavy atom. The molecule has 160 valence electrons. The molecule has 3 aromatic heterocycles. The molecule has 1 aromatic carbocycles. The van der Waals surface area contributed by atoms with Gasteiger partial charge in [-0.2, -0.15) is 0 Å². The summed E-state index contributed by atoms with van der Waals surface area (Å²) in [6.07, 6.45) is 4.62. The van der Waals surface area contributed by atoms with Gasteiger partial charge in [-0.25, -0.2) is 15.0 Å². The zero-order valence-electron chi connectivity index (χ0n) is 17.0. The molecule has 0 radical (unpaired) electrons. The number of benzene rings is 1. The van der Waals surface area contributed by atoms with Crippen molar-refractivity contribution in [1.82, 2.24) is 19.5 Å². The third-order valence-electron chi connectivity index (χ3n) is 4.94. The highest BCUT2D eigenvalue weighted by Crippen LogP contribution is 2.42. The van der Waals surface area contributed by atoms with Crippen LogP contribution in [0.5, 0.6) is 5.75 Å². The van der Waals surface area contributed by atoms with Crippen LogP contribution in [0.1, 0.15) is 30.7 Å². The van der Waals surface area contributed by atoms with Crippen molar-refractivity contribution in [3.63, 3.8) is 0 Å². The van der Waals surface area contributed by atoms with Crippen LogP contribution < -0.4 is 4.74 Å². The minimum absolute atomic E-state index is 0.135. The summed E-state index contributed by atoms with van der Waals surface area (Å²) in [5.74, 6) is 0.306. The number of ether oxygens (including phenoxy) is 1. The molecule has 0 fully saturated rings. The summed E-state index contributed by atoms with van der Waals surface area (Å²) in [6, 6.07) is 8.65. The van der Waals surface area contributed by atoms with E-state index < -0.39 is 5.60 Å². The van der Waals surface area contributed by atoms with E-state index in [1.807, 2.05) is 13.8 Å². The van der Waals surface area contributed by atoms with Crippen LogP contribution in [0.2, 0.25) is 15.3 Å². The van der Waals surface area contributed by atoms with Crippen molar-refractivity contribution in [1.29, 1.82) is 0 Å². The fraction of sp³-hybridized carbons (Fsp3) is 0.227. The molecule has 0 aliphatic heterocycles. The van der Waals surface area contributed by atoms with Gasteiger partial charge in [-0.1, -0.05) is 46.9 Å². The first-order chi connectivity index (χ1) is 14.7. The van der Waals surface area contributed by atoms with Crippen molar-refractivity contribution in [3.05, 3.63) is 81.2 Å². The van der Waals surface area contributed by atoms with E-state index in [-0.39, 0.29) is 11.3 Å². The van der Waals surface area contributed by atoms with Gasteiger partial charge in [0.25, 0.3) is 0 Å². The van der Waals surface area contributed by atoms with Gasteiger partial charge in [0.05, 0.1) is 34.9 Å². The molecule has 4 rings (SSSR count). The lowest BCUT2D eigenvalue weighted by Gasteiger charge is -2.29. The Hall–Kier alpha value is -2.38. The van der Waals surface area contributed by atoms with Crippen LogP contribution in [-0.2, 0) is 12.6 Å². The molecule has 0 aliphatic carbocycles. The normalized spacial score (nSPS) is 13.5. The summed E-state index contributed by atoms with van der Waals surface area (Å²) in [6.45, 7) is 3.75. The largest absolute Gasteiger partial charge is 0.486 e. The van der Waals surface area contributed by atoms with Crippen molar-refractivity contribution in [2.45, 2.75) is 25.6 Å². The van der Waals surface area contributed by atoms with Gasteiger partial charge in [-0.3, -0.25) is 0 Å². The predicted octanol–water partition coefficient (Wildman–Crippen LogP) is 5.39. The first-order valence-corrected chi connectivity index (χ1v) is 10.6. The third kappa shape index (κ3) is 3.85. The Balaban J connectivity index is 1.98. The molecule has 0 unspecified atom stereocenters. The van der Waals surface area contributed by atoms with Crippen molar-refractivity contribution < 1.29 is 9.84 Å². The molecule has 0 amide bonds. The lowest BCUT2D eigenvalue weighted by molar-refractivity contribution is 0.117. The van der Waals surface area contributed by atoms with E-state index in [0.717, 1.165) is 0 Å². The molecule has 0 spiro atoms. The first kappa shape index (κ1) is 21.8. The molecule has 0 aliphatic rings. The van der Waals surface area contributed by atoms with Crippen molar-refractivity contribution in [2.24, 2.45) is 7.05 Å². The number of aryl methyl sites for hydroxylation is 1. The molecule has 0 saturated carbocycles. The highest BCUT2D eigenvalue weighted by molar-refractivity contribution is 6.40. The molecule has 4 aromatic rings. The smallest absolute Gasteiger partial charge is 0.176 e. The van der Waals surface area contributed by atoms with Crippen LogP contribution in [0.4, 0.5) is 0 Å². The fourth-order valence-corrected chi connectivity index (χ4v) is 4.17. The Morgan fingerprint density at radius 2 is 1.81 bits per heavy atom. The maximum atomic E-state index is 12.0. The van der Waals surface area contributed by atoms with E-state index in [2.05, 4.69) is 15.0 Å². The Labute approximate surface area is 194 Å². The van der Waals surface area contributed by atoms with Crippen LogP contribution in [0, 0.1) is 0 Å². The SMILES string of the molecule is CC(C)Oc1c(Cl)nc2ccc([C@](O)(c3ccc(Cl)nc3)c3cncn3C)cc2c1Cl. The summed E-state index contributed by atoms with van der Waals surface area (Å²) in [7, 11) is 1.81. The number of aromatic nitrogens is 4. The second-order valence-corrected chi connectivity index (χ2v) is 8.54. The first-order valence-electron chi connectivity index (χ1n) is 9.49. The van der Waals surface area contributed by atoms with Crippen LogP contribution in [0.25, 0.3) is 10.9 Å². The highest BCUT2D eigenvalue weighted by Gasteiger charge is 2.37. The monoisotopic (exact) mass is 476 g/mol. The second-order valence-electron chi connectivity index (χ2n) is 7.41. The molecule has 1 atom stereocenters. The number of imidazole rings is 1. The predicted molar refractivity (Wildman–Crippen MR) is 122 cm³/mol. The van der Waals surface area contributed by atoms with Gasteiger partial charge in [-0.05, 0) is 37.6 Å². The molecule has 31 heavy (non-hydrogen) atoms. The fourth-order valence-electron chi connectivity index (χ4n) is 3.50. The van der Waals surface area contributed by atoms with Crippen LogP contribution in [0.3, 0.4) is 0 Å². The third-order valence-corrected chi connectivity index (χ3v) is 5.80. The van der Waals surface area contributed by atoms with Gasteiger partial charge in [0.1, 0.15) is 5.15 Å². The van der Waals surface area contributed by atoms with E-state index >= 15 is 0 Å². The second kappa shape index (κ2) is 8.28. The van der Waals surface area contributed by atoms with E-state index in [1.54, 1.807) is 54.5 Å². The molecular formula is C22H19Cl3N4O2. The number of rotatable bonds is 5. The average Bonchev–Trinajstić information content (AvgIpc) is 3.17. The highest BCUT2D eigenvalue weighted by atomic mass is 35.5. The van der Waals surface area contributed by atoms with Crippen molar-refractivity contribution in [3.8, 4) is 5.75 Å². The summed E-state index contributed by atoms with van der Waals surface area (Å²) < 4.78 is 7.51. The Morgan fingerprint density at radius 1 is 1.06 bits per heavy atom. The minimum atomic E-state index is -1.57.